The molecule has 128 valence electrons. The van der Waals surface area contributed by atoms with E-state index in [1.165, 1.54) is 0 Å². The zero-order valence-corrected chi connectivity index (χ0v) is 13.8. The van der Waals surface area contributed by atoms with Gasteiger partial charge in [0.2, 0.25) is 0 Å². The van der Waals surface area contributed by atoms with Gasteiger partial charge in [0.05, 0.1) is 5.56 Å². The van der Waals surface area contributed by atoms with Crippen molar-refractivity contribution in [3.8, 4) is 0 Å². The van der Waals surface area contributed by atoms with E-state index in [9.17, 15) is 9.59 Å². The lowest BCUT2D eigenvalue weighted by molar-refractivity contribution is -0.142. The van der Waals surface area contributed by atoms with Gasteiger partial charge in [-0.25, -0.2) is 4.98 Å². The number of hydrogen-bond acceptors (Lipinski definition) is 5. The van der Waals surface area contributed by atoms with Crippen LogP contribution >= 0.6 is 0 Å². The molecule has 7 heteroatoms. The van der Waals surface area contributed by atoms with E-state index in [2.05, 4.69) is 15.2 Å². The van der Waals surface area contributed by atoms with Crippen LogP contribution in [-0.2, 0) is 9.53 Å². The molecule has 24 heavy (non-hydrogen) atoms. The van der Waals surface area contributed by atoms with Crippen LogP contribution in [-0.4, -0.2) is 60.2 Å². The maximum Gasteiger partial charge on any atom is 0.256 e. The van der Waals surface area contributed by atoms with Crippen molar-refractivity contribution in [1.82, 2.24) is 15.2 Å². The van der Waals surface area contributed by atoms with Crippen LogP contribution in [0.15, 0.2) is 18.3 Å². The summed E-state index contributed by atoms with van der Waals surface area (Å²) in [6, 6.07) is 3.56. The molecule has 0 radical (unpaired) electrons. The summed E-state index contributed by atoms with van der Waals surface area (Å²) in [4.78, 5) is 33.3. The maximum absolute atomic E-state index is 12.5. The lowest BCUT2D eigenvalue weighted by Crippen LogP contribution is -2.67. The third-order valence-corrected chi connectivity index (χ3v) is 5.44. The van der Waals surface area contributed by atoms with E-state index >= 15 is 0 Å². The number of carbonyl (C=O) groups is 2. The number of fused-ring (bicyclic) bond motifs is 1. The molecule has 1 aromatic heterocycles. The number of nitrogens with zero attached hydrogens (tertiary/aromatic N) is 3. The molecule has 0 aromatic carbocycles. The van der Waals surface area contributed by atoms with Crippen molar-refractivity contribution in [3.63, 3.8) is 0 Å². The maximum atomic E-state index is 12.5. The molecule has 1 atom stereocenters. The molecular formula is C17H22N4O3. The second kappa shape index (κ2) is 5.73. The molecule has 7 nitrogen and oxygen atoms in total. The Hall–Kier alpha value is -2.15. The minimum Gasteiger partial charge on any atom is -0.368 e. The van der Waals surface area contributed by atoms with Crippen LogP contribution in [0.4, 0.5) is 5.82 Å². The van der Waals surface area contributed by atoms with Gasteiger partial charge in [-0.3, -0.25) is 9.59 Å². The Morgan fingerprint density at radius 1 is 1.42 bits per heavy atom. The van der Waals surface area contributed by atoms with Crippen LogP contribution in [0.1, 0.15) is 36.0 Å². The van der Waals surface area contributed by atoms with Gasteiger partial charge in [-0.05, 0) is 25.0 Å². The van der Waals surface area contributed by atoms with Crippen LogP contribution < -0.4 is 10.2 Å². The molecule has 4 rings (SSSR count). The number of carbonyl (C=O) groups excluding carboxylic acids is 2. The molecule has 1 aromatic rings. The highest BCUT2D eigenvalue weighted by molar-refractivity contribution is 6.01. The fourth-order valence-electron chi connectivity index (χ4n) is 3.94. The Bertz CT molecular complexity index is 664. The number of piperidine rings is 1. The number of likely N-dealkylation sites (tertiary alicyclic amines) is 1. The highest BCUT2D eigenvalue weighted by atomic mass is 16.5. The first-order valence-electron chi connectivity index (χ1n) is 8.52. The summed E-state index contributed by atoms with van der Waals surface area (Å²) >= 11 is 0. The fourth-order valence-corrected chi connectivity index (χ4v) is 3.94. The van der Waals surface area contributed by atoms with E-state index in [-0.39, 0.29) is 17.9 Å². The first-order chi connectivity index (χ1) is 11.6. The summed E-state index contributed by atoms with van der Waals surface area (Å²) < 4.78 is 5.51. The number of aromatic nitrogens is 1. The van der Waals surface area contributed by atoms with Gasteiger partial charge in [0.25, 0.3) is 11.8 Å². The third kappa shape index (κ3) is 2.34. The standard InChI is InChI=1S/C17H22N4O3/c1-20-14-12(4-2-8-18-14)15(22)19-17(20)6-9-21(10-7-17)16(23)13-5-3-11-24-13/h2,4,8,13H,3,5-7,9-11H2,1H3,(H,19,22)/t13-/m0/s1. The summed E-state index contributed by atoms with van der Waals surface area (Å²) in [7, 11) is 1.96. The van der Waals surface area contributed by atoms with Crippen LogP contribution in [0.2, 0.25) is 0 Å². The van der Waals surface area contributed by atoms with E-state index in [0.29, 0.717) is 43.9 Å². The number of nitrogens with one attached hydrogen (secondary N) is 1. The highest BCUT2D eigenvalue weighted by Gasteiger charge is 2.46. The second-order valence-electron chi connectivity index (χ2n) is 6.75. The average molecular weight is 330 g/mol. The van der Waals surface area contributed by atoms with Crippen LogP contribution in [0, 0.1) is 0 Å². The molecule has 0 unspecified atom stereocenters. The zero-order chi connectivity index (χ0) is 16.7. The molecule has 3 aliphatic heterocycles. The second-order valence-corrected chi connectivity index (χ2v) is 6.75. The van der Waals surface area contributed by atoms with Gasteiger partial charge in [0.1, 0.15) is 17.6 Å². The summed E-state index contributed by atoms with van der Waals surface area (Å²) in [6.45, 7) is 1.91. The van der Waals surface area contributed by atoms with E-state index in [1.54, 1.807) is 18.3 Å². The Balaban J connectivity index is 1.50. The molecule has 2 amide bonds. The van der Waals surface area contributed by atoms with Crippen LogP contribution in [0.25, 0.3) is 0 Å². The number of pyridine rings is 1. The Kier molecular flexibility index (Phi) is 3.68. The highest BCUT2D eigenvalue weighted by Crippen LogP contribution is 2.35. The monoisotopic (exact) mass is 330 g/mol. The molecule has 3 aliphatic rings. The van der Waals surface area contributed by atoms with E-state index in [4.69, 9.17) is 4.74 Å². The van der Waals surface area contributed by atoms with Gasteiger partial charge in [-0.15, -0.1) is 0 Å². The summed E-state index contributed by atoms with van der Waals surface area (Å²) in [5.41, 5.74) is 0.134. The first kappa shape index (κ1) is 15.4. The number of rotatable bonds is 1. The summed E-state index contributed by atoms with van der Waals surface area (Å²) in [5, 5.41) is 3.14. The van der Waals surface area contributed by atoms with Crippen molar-refractivity contribution in [3.05, 3.63) is 23.9 Å². The molecule has 2 fully saturated rings. The summed E-state index contributed by atoms with van der Waals surface area (Å²) in [5.74, 6) is 0.709. The zero-order valence-electron chi connectivity index (χ0n) is 13.8. The predicted molar refractivity (Wildman–Crippen MR) is 87.6 cm³/mol. The lowest BCUT2D eigenvalue weighted by Gasteiger charge is -2.50. The topological polar surface area (TPSA) is 74.8 Å². The minimum atomic E-state index is -0.467. The van der Waals surface area contributed by atoms with E-state index in [1.807, 2.05) is 11.9 Å². The average Bonchev–Trinajstić information content (AvgIpc) is 3.15. The smallest absolute Gasteiger partial charge is 0.256 e. The van der Waals surface area contributed by atoms with Crippen LogP contribution in [0.5, 0.6) is 0 Å². The Morgan fingerprint density at radius 3 is 2.92 bits per heavy atom. The minimum absolute atomic E-state index is 0.0879. The Morgan fingerprint density at radius 2 is 2.21 bits per heavy atom. The van der Waals surface area contributed by atoms with Crippen molar-refractivity contribution in [2.75, 3.05) is 31.6 Å². The number of ether oxygens (including phenoxy) is 1. The SMILES string of the molecule is CN1c2ncccc2C(=O)NC12CCN(C(=O)[C@@H]1CCCO1)CC2. The number of hydrogen-bond donors (Lipinski definition) is 1. The lowest BCUT2D eigenvalue weighted by atomic mass is 9.91. The molecule has 4 heterocycles. The molecule has 0 aliphatic carbocycles. The molecule has 2 saturated heterocycles. The van der Waals surface area contributed by atoms with Gasteiger partial charge >= 0.3 is 0 Å². The molecule has 1 spiro atoms. The van der Waals surface area contributed by atoms with E-state index < -0.39 is 5.66 Å². The van der Waals surface area contributed by atoms with Crippen molar-refractivity contribution in [2.45, 2.75) is 37.5 Å². The number of amides is 2. The van der Waals surface area contributed by atoms with Gasteiger partial charge in [0, 0.05) is 45.8 Å². The fraction of sp³-hybridized carbons (Fsp3) is 0.588. The largest absolute Gasteiger partial charge is 0.368 e. The normalized spacial score (nSPS) is 25.5. The van der Waals surface area contributed by atoms with Crippen molar-refractivity contribution < 1.29 is 14.3 Å². The van der Waals surface area contributed by atoms with Gasteiger partial charge in [-0.2, -0.15) is 0 Å². The molecule has 0 bridgehead atoms. The van der Waals surface area contributed by atoms with Gasteiger partial charge in [-0.1, -0.05) is 0 Å². The Labute approximate surface area is 141 Å². The molecule has 1 N–H and O–H groups in total. The van der Waals surface area contributed by atoms with Crippen LogP contribution in [0.3, 0.4) is 0 Å². The van der Waals surface area contributed by atoms with Crippen molar-refractivity contribution in [2.24, 2.45) is 0 Å². The van der Waals surface area contributed by atoms with Crippen molar-refractivity contribution >= 4 is 17.6 Å². The first-order valence-corrected chi connectivity index (χ1v) is 8.52. The van der Waals surface area contributed by atoms with Crippen molar-refractivity contribution in [1.29, 1.82) is 0 Å². The predicted octanol–water partition coefficient (Wildman–Crippen LogP) is 0.759. The van der Waals surface area contributed by atoms with Gasteiger partial charge in [0.15, 0.2) is 0 Å². The third-order valence-electron chi connectivity index (χ3n) is 5.44. The molecular weight excluding hydrogens is 308 g/mol. The van der Waals surface area contributed by atoms with E-state index in [0.717, 1.165) is 12.8 Å². The number of anilines is 1. The molecule has 0 saturated carbocycles. The quantitative estimate of drug-likeness (QED) is 0.823. The van der Waals surface area contributed by atoms with Gasteiger partial charge < -0.3 is 19.9 Å². The summed E-state index contributed by atoms with van der Waals surface area (Å²) in [6.07, 6.45) is 4.56.